The Morgan fingerprint density at radius 1 is 1.38 bits per heavy atom. The number of carbonyl (C=O) groups is 1. The molecule has 0 heterocycles. The van der Waals surface area contributed by atoms with Crippen molar-refractivity contribution in [2.24, 2.45) is 0 Å². The Kier molecular flexibility index (Phi) is 3.55. The quantitative estimate of drug-likeness (QED) is 0.823. The average Bonchev–Trinajstić information content (AvgIpc) is 2.14. The lowest BCUT2D eigenvalue weighted by Gasteiger charge is -2.21. The first-order valence-corrected chi connectivity index (χ1v) is 4.99. The highest BCUT2D eigenvalue weighted by molar-refractivity contribution is 5.74. The molecule has 0 radical (unpaired) electrons. The van der Waals surface area contributed by atoms with Crippen LogP contribution in [0.1, 0.15) is 32.4 Å². The van der Waals surface area contributed by atoms with Crippen molar-refractivity contribution in [1.82, 2.24) is 0 Å². The third-order valence-corrected chi connectivity index (χ3v) is 1.83. The Morgan fingerprint density at radius 2 is 2.00 bits per heavy atom. The number of aliphatic carboxylic acids is 1. The van der Waals surface area contributed by atoms with Gasteiger partial charge in [0.2, 0.25) is 0 Å². The van der Waals surface area contributed by atoms with E-state index in [0.29, 0.717) is 11.3 Å². The van der Waals surface area contributed by atoms with Crippen LogP contribution >= 0.6 is 0 Å². The van der Waals surface area contributed by atoms with Gasteiger partial charge in [0.05, 0.1) is 0 Å². The van der Waals surface area contributed by atoms with E-state index in [9.17, 15) is 9.90 Å². The molecule has 2 N–H and O–H groups in total. The number of rotatable bonds is 3. The molecule has 0 aliphatic carbocycles. The maximum Gasteiger partial charge on any atom is 0.337 e. The number of aliphatic hydroxyl groups excluding tert-OH is 1. The fraction of sp³-hybridized carbons (Fsp3) is 0.417. The first-order chi connectivity index (χ1) is 7.29. The molecule has 0 aromatic heterocycles. The molecule has 0 amide bonds. The average molecular weight is 224 g/mol. The van der Waals surface area contributed by atoms with E-state index in [2.05, 4.69) is 0 Å². The maximum absolute atomic E-state index is 10.6. The van der Waals surface area contributed by atoms with Gasteiger partial charge in [0.1, 0.15) is 11.4 Å². The van der Waals surface area contributed by atoms with Gasteiger partial charge in [-0.3, -0.25) is 0 Å². The highest BCUT2D eigenvalue weighted by Crippen LogP contribution is 2.22. The smallest absolute Gasteiger partial charge is 0.337 e. The molecule has 0 aliphatic heterocycles. The van der Waals surface area contributed by atoms with Crippen LogP contribution in [0.4, 0.5) is 0 Å². The number of carboxylic acids is 1. The van der Waals surface area contributed by atoms with Gasteiger partial charge in [0.15, 0.2) is 6.10 Å². The molecule has 0 spiro atoms. The fourth-order valence-electron chi connectivity index (χ4n) is 1.24. The van der Waals surface area contributed by atoms with Crippen LogP contribution in [0, 0.1) is 0 Å². The van der Waals surface area contributed by atoms with Crippen LogP contribution < -0.4 is 4.74 Å². The summed E-state index contributed by atoms with van der Waals surface area (Å²) in [6.45, 7) is 5.69. The molecule has 1 unspecified atom stereocenters. The van der Waals surface area contributed by atoms with E-state index in [-0.39, 0.29) is 5.60 Å². The van der Waals surface area contributed by atoms with Crippen molar-refractivity contribution in [2.75, 3.05) is 0 Å². The Hall–Kier alpha value is -1.55. The number of hydrogen-bond donors (Lipinski definition) is 2. The zero-order valence-electron chi connectivity index (χ0n) is 9.60. The van der Waals surface area contributed by atoms with Crippen molar-refractivity contribution < 1.29 is 19.7 Å². The first-order valence-electron chi connectivity index (χ1n) is 4.99. The predicted octanol–water partition coefficient (Wildman–Crippen LogP) is 1.98. The highest BCUT2D eigenvalue weighted by Gasteiger charge is 2.17. The van der Waals surface area contributed by atoms with Gasteiger partial charge in [-0.1, -0.05) is 12.1 Å². The van der Waals surface area contributed by atoms with Gasteiger partial charge >= 0.3 is 5.97 Å². The second kappa shape index (κ2) is 4.53. The van der Waals surface area contributed by atoms with E-state index in [4.69, 9.17) is 9.84 Å². The van der Waals surface area contributed by atoms with E-state index in [1.54, 1.807) is 18.2 Å². The molecule has 0 bridgehead atoms. The van der Waals surface area contributed by atoms with Gasteiger partial charge in [-0.15, -0.1) is 0 Å². The van der Waals surface area contributed by atoms with Crippen molar-refractivity contribution >= 4 is 5.97 Å². The van der Waals surface area contributed by atoms with Crippen molar-refractivity contribution in [3.8, 4) is 5.75 Å². The van der Waals surface area contributed by atoms with Gasteiger partial charge in [0.25, 0.3) is 0 Å². The van der Waals surface area contributed by atoms with Crippen LogP contribution in [0.25, 0.3) is 0 Å². The Bertz CT molecular complexity index is 379. The van der Waals surface area contributed by atoms with Gasteiger partial charge in [-0.25, -0.2) is 4.79 Å². The topological polar surface area (TPSA) is 66.8 Å². The molecule has 16 heavy (non-hydrogen) atoms. The molecule has 1 rings (SSSR count). The van der Waals surface area contributed by atoms with E-state index in [0.717, 1.165) is 0 Å². The molecule has 0 saturated heterocycles. The minimum absolute atomic E-state index is 0.314. The van der Waals surface area contributed by atoms with Gasteiger partial charge in [-0.2, -0.15) is 0 Å². The monoisotopic (exact) mass is 224 g/mol. The molecule has 1 aromatic rings. The summed E-state index contributed by atoms with van der Waals surface area (Å²) in [6.07, 6.45) is -1.51. The molecule has 1 aromatic carbocycles. The number of aliphatic hydroxyl groups is 1. The summed E-state index contributed by atoms with van der Waals surface area (Å²) in [5.74, 6) is -0.724. The Balaban J connectivity index is 2.91. The number of ether oxygens (including phenoxy) is 1. The molecule has 0 fully saturated rings. The van der Waals surface area contributed by atoms with Crippen molar-refractivity contribution in [2.45, 2.75) is 32.5 Å². The van der Waals surface area contributed by atoms with Gasteiger partial charge in [0, 0.05) is 0 Å². The lowest BCUT2D eigenvalue weighted by atomic mass is 10.1. The molecule has 1 atom stereocenters. The summed E-state index contributed by atoms with van der Waals surface area (Å²) < 4.78 is 5.57. The zero-order chi connectivity index (χ0) is 12.3. The maximum atomic E-state index is 10.6. The summed E-state index contributed by atoms with van der Waals surface area (Å²) in [5.41, 5.74) is -0.0402. The van der Waals surface area contributed by atoms with Crippen LogP contribution in [0.3, 0.4) is 0 Å². The molecular weight excluding hydrogens is 208 g/mol. The van der Waals surface area contributed by atoms with Crippen molar-refractivity contribution in [1.29, 1.82) is 0 Å². The van der Waals surface area contributed by atoms with Crippen LogP contribution in [-0.2, 0) is 4.79 Å². The van der Waals surface area contributed by atoms with Crippen molar-refractivity contribution in [3.63, 3.8) is 0 Å². The van der Waals surface area contributed by atoms with Crippen LogP contribution in [0.2, 0.25) is 0 Å². The SMILES string of the molecule is CC(C)(C)Oc1cccc(C(O)C(=O)O)c1. The molecular formula is C12H16O4. The molecule has 0 saturated carbocycles. The Labute approximate surface area is 94.5 Å². The summed E-state index contributed by atoms with van der Waals surface area (Å²) >= 11 is 0. The van der Waals surface area contributed by atoms with Crippen LogP contribution in [0.5, 0.6) is 5.75 Å². The van der Waals surface area contributed by atoms with Crippen LogP contribution in [-0.4, -0.2) is 21.8 Å². The lowest BCUT2D eigenvalue weighted by Crippen LogP contribution is -2.23. The first kappa shape index (κ1) is 12.5. The van der Waals surface area contributed by atoms with Gasteiger partial charge in [-0.05, 0) is 38.5 Å². The standard InChI is InChI=1S/C12H16O4/c1-12(2,3)16-9-6-4-5-8(7-9)10(13)11(14)15/h4-7,10,13H,1-3H3,(H,14,15). The van der Waals surface area contributed by atoms with Crippen molar-refractivity contribution in [3.05, 3.63) is 29.8 Å². The third kappa shape index (κ3) is 3.55. The molecule has 4 nitrogen and oxygen atoms in total. The minimum Gasteiger partial charge on any atom is -0.488 e. The summed E-state index contributed by atoms with van der Waals surface area (Å²) in [7, 11) is 0. The highest BCUT2D eigenvalue weighted by atomic mass is 16.5. The largest absolute Gasteiger partial charge is 0.488 e. The van der Waals surface area contributed by atoms with Crippen LogP contribution in [0.15, 0.2) is 24.3 Å². The molecule has 4 heteroatoms. The minimum atomic E-state index is -1.51. The van der Waals surface area contributed by atoms with E-state index < -0.39 is 12.1 Å². The summed E-state index contributed by atoms with van der Waals surface area (Å²) in [4.78, 5) is 10.6. The normalized spacial score (nSPS) is 13.2. The Morgan fingerprint density at radius 3 is 2.50 bits per heavy atom. The number of benzene rings is 1. The fourth-order valence-corrected chi connectivity index (χ4v) is 1.24. The molecule has 0 aliphatic rings. The second-order valence-corrected chi connectivity index (χ2v) is 4.53. The lowest BCUT2D eigenvalue weighted by molar-refractivity contribution is -0.146. The van der Waals surface area contributed by atoms with E-state index in [1.807, 2.05) is 20.8 Å². The van der Waals surface area contributed by atoms with Gasteiger partial charge < -0.3 is 14.9 Å². The summed E-state index contributed by atoms with van der Waals surface area (Å²) in [6, 6.07) is 6.46. The predicted molar refractivity (Wildman–Crippen MR) is 59.4 cm³/mol. The third-order valence-electron chi connectivity index (χ3n) is 1.83. The van der Waals surface area contributed by atoms with E-state index >= 15 is 0 Å². The number of hydrogen-bond acceptors (Lipinski definition) is 3. The second-order valence-electron chi connectivity index (χ2n) is 4.53. The van der Waals surface area contributed by atoms with E-state index in [1.165, 1.54) is 6.07 Å². The number of carboxylic acid groups (broad SMARTS) is 1. The summed E-state index contributed by atoms with van der Waals surface area (Å²) in [5, 5.41) is 18.0. The molecule has 88 valence electrons. The zero-order valence-corrected chi connectivity index (χ0v) is 9.60.